The number of nitrogens with zero attached hydrogens (tertiary/aromatic N) is 9. The molecule has 4 aromatic rings. The predicted octanol–water partition coefficient (Wildman–Crippen LogP) is 5.80. The Morgan fingerprint density at radius 2 is 1.71 bits per heavy atom. The number of alkyl halides is 2. The fraction of sp³-hybridized carbons (Fsp3) is 0.558. The Morgan fingerprint density at radius 1 is 0.968 bits per heavy atom. The van der Waals surface area contributed by atoms with E-state index in [4.69, 9.17) is 21.3 Å². The SMILES string of the molecule is O=C1CCN(c2cc(C(=O)N3CCC4(CCN(CC5CCC(n6cc(NC(=O)c7cnn8ccc(N9CC%10(COC%10)C9)nc78)c(C(F)F)n6)CC5)CC4)CC3)ccc2Cl)C(=O)N1. The van der Waals surface area contributed by atoms with E-state index in [1.165, 1.54) is 15.6 Å². The van der Waals surface area contributed by atoms with Gasteiger partial charge in [-0.25, -0.2) is 23.1 Å². The molecule has 5 aliphatic heterocycles. The second kappa shape index (κ2) is 16.2. The summed E-state index contributed by atoms with van der Waals surface area (Å²) in [6, 6.07) is 6.24. The van der Waals surface area contributed by atoms with Crippen LogP contribution in [0.3, 0.4) is 0 Å². The van der Waals surface area contributed by atoms with Crippen molar-refractivity contribution in [2.24, 2.45) is 16.7 Å². The molecule has 1 aliphatic carbocycles. The van der Waals surface area contributed by atoms with Gasteiger partial charge in [-0.1, -0.05) is 11.6 Å². The quantitative estimate of drug-likeness (QED) is 0.210. The molecular weight excluding hydrogens is 824 g/mol. The topological polar surface area (TPSA) is 163 Å². The van der Waals surface area contributed by atoms with Crippen LogP contribution in [0.4, 0.5) is 30.8 Å². The van der Waals surface area contributed by atoms with Gasteiger partial charge in [0.2, 0.25) is 5.91 Å². The van der Waals surface area contributed by atoms with Gasteiger partial charge in [0.1, 0.15) is 11.4 Å². The monoisotopic (exact) mass is 873 g/mol. The number of fused-ring (bicyclic) bond motifs is 1. The van der Waals surface area contributed by atoms with Crippen molar-refractivity contribution < 1.29 is 32.7 Å². The van der Waals surface area contributed by atoms with Crippen LogP contribution in [-0.4, -0.2) is 124 Å². The summed E-state index contributed by atoms with van der Waals surface area (Å²) in [5.74, 6) is 0.248. The fourth-order valence-electron chi connectivity index (χ4n) is 10.4. The van der Waals surface area contributed by atoms with E-state index in [1.54, 1.807) is 35.3 Å². The smallest absolute Gasteiger partial charge is 0.328 e. The van der Waals surface area contributed by atoms with Gasteiger partial charge < -0.3 is 24.8 Å². The molecule has 0 atom stereocenters. The van der Waals surface area contributed by atoms with Crippen molar-refractivity contribution in [1.29, 1.82) is 0 Å². The number of anilines is 3. The number of piperidine rings is 2. The predicted molar refractivity (Wildman–Crippen MR) is 225 cm³/mol. The summed E-state index contributed by atoms with van der Waals surface area (Å²) in [5, 5.41) is 13.9. The number of imide groups is 1. The third-order valence-corrected chi connectivity index (χ3v) is 14.6. The molecule has 5 amide bonds. The van der Waals surface area contributed by atoms with Crippen molar-refractivity contribution in [3.63, 3.8) is 0 Å². The maximum absolute atomic E-state index is 14.3. The van der Waals surface area contributed by atoms with E-state index in [0.717, 1.165) is 103 Å². The van der Waals surface area contributed by atoms with E-state index in [9.17, 15) is 28.0 Å². The first-order valence-corrected chi connectivity index (χ1v) is 22.1. The van der Waals surface area contributed by atoms with E-state index in [0.29, 0.717) is 40.9 Å². The first-order chi connectivity index (χ1) is 29.9. The molecule has 6 fully saturated rings. The van der Waals surface area contributed by atoms with E-state index < -0.39 is 24.1 Å². The molecule has 0 unspecified atom stereocenters. The lowest BCUT2D eigenvalue weighted by molar-refractivity contribution is -0.127. The first-order valence-electron chi connectivity index (χ1n) is 21.7. The van der Waals surface area contributed by atoms with Crippen LogP contribution in [0.25, 0.3) is 5.65 Å². The van der Waals surface area contributed by atoms with Crippen LogP contribution in [0.2, 0.25) is 5.02 Å². The number of urea groups is 1. The van der Waals surface area contributed by atoms with Crippen LogP contribution in [0.1, 0.15) is 96.7 Å². The van der Waals surface area contributed by atoms with Gasteiger partial charge in [-0.3, -0.25) is 29.3 Å². The minimum absolute atomic E-state index is 0.00293. The third kappa shape index (κ3) is 7.78. The number of rotatable bonds is 9. The van der Waals surface area contributed by atoms with E-state index >= 15 is 0 Å². The zero-order chi connectivity index (χ0) is 42.8. The molecule has 5 saturated heterocycles. The van der Waals surface area contributed by atoms with Crippen LogP contribution >= 0.6 is 11.6 Å². The van der Waals surface area contributed by atoms with Crippen molar-refractivity contribution in [3.05, 3.63) is 64.7 Å². The van der Waals surface area contributed by atoms with Gasteiger partial charge in [0, 0.05) is 63.6 Å². The van der Waals surface area contributed by atoms with E-state index in [2.05, 4.69) is 30.6 Å². The molecule has 19 heteroatoms. The Kier molecular flexibility index (Phi) is 10.7. The Bertz CT molecular complexity index is 2390. The lowest BCUT2D eigenvalue weighted by Gasteiger charge is -2.55. The van der Waals surface area contributed by atoms with Crippen LogP contribution in [0.15, 0.2) is 42.9 Å². The van der Waals surface area contributed by atoms with Crippen molar-refractivity contribution in [2.75, 3.05) is 80.7 Å². The summed E-state index contributed by atoms with van der Waals surface area (Å²) in [7, 11) is 0. The van der Waals surface area contributed by atoms with Gasteiger partial charge in [-0.15, -0.1) is 0 Å². The van der Waals surface area contributed by atoms with Gasteiger partial charge in [0.25, 0.3) is 18.2 Å². The number of ether oxygens (including phenoxy) is 1. The molecule has 10 rings (SSSR count). The summed E-state index contributed by atoms with van der Waals surface area (Å²) >= 11 is 6.42. The maximum Gasteiger partial charge on any atom is 0.328 e. The average Bonchev–Trinajstić information content (AvgIpc) is 3.86. The highest BCUT2D eigenvalue weighted by Gasteiger charge is 2.49. The van der Waals surface area contributed by atoms with Crippen LogP contribution in [0, 0.1) is 16.7 Å². The molecule has 16 nitrogen and oxygen atoms in total. The van der Waals surface area contributed by atoms with E-state index in [-0.39, 0.29) is 52.9 Å². The number of aromatic nitrogens is 5. The molecule has 1 saturated carbocycles. The number of hydrogen-bond donors (Lipinski definition) is 2. The minimum Gasteiger partial charge on any atom is -0.380 e. The molecule has 0 bridgehead atoms. The molecule has 6 aliphatic rings. The second-order valence-electron chi connectivity index (χ2n) is 18.3. The van der Waals surface area contributed by atoms with E-state index in [1.807, 2.05) is 11.0 Å². The van der Waals surface area contributed by atoms with Crippen molar-refractivity contribution in [2.45, 2.75) is 70.3 Å². The number of benzene rings is 1. The normalized spacial score (nSPS) is 23.8. The Morgan fingerprint density at radius 3 is 2.40 bits per heavy atom. The first kappa shape index (κ1) is 40.8. The number of halogens is 3. The summed E-state index contributed by atoms with van der Waals surface area (Å²) in [5.41, 5.74) is 1.39. The number of likely N-dealkylation sites (tertiary alicyclic amines) is 2. The third-order valence-electron chi connectivity index (χ3n) is 14.3. The minimum atomic E-state index is -2.86. The zero-order valence-electron chi connectivity index (χ0n) is 34.4. The number of amides is 5. The van der Waals surface area contributed by atoms with Gasteiger partial charge in [-0.2, -0.15) is 10.2 Å². The Hall–Kier alpha value is -5.20. The zero-order valence-corrected chi connectivity index (χ0v) is 35.2. The summed E-state index contributed by atoms with van der Waals surface area (Å²) < 4.78 is 37.1. The van der Waals surface area contributed by atoms with Crippen molar-refractivity contribution in [1.82, 2.24) is 39.5 Å². The Balaban J connectivity index is 0.696. The number of nitrogens with one attached hydrogen (secondary N) is 2. The number of carbonyl (C=O) groups is 4. The van der Waals surface area contributed by atoms with Crippen molar-refractivity contribution >= 4 is 58.2 Å². The standard InChI is InChI=1S/C43H50ClF2N11O5/c44-31-6-3-28(19-33(31)55-13-8-35(58)50-41(55)61)40(60)53-17-11-42(12-18-53)9-15-52(16-10-42)21-27-1-4-29(5-2-27)57-22-32(36(51-57)37(45)46)48-39(59)30-20-47-56-14-7-34(49-38(30)56)54-23-43(24-54)25-62-26-43/h3,6-7,14,19-20,22,27,29,37H,1-2,4-5,8-13,15-18,21,23-26H2,(H,48,59)(H,50,58,61). The molecule has 2 N–H and O–H groups in total. The average molecular weight is 874 g/mol. The molecule has 328 valence electrons. The fourth-order valence-corrected chi connectivity index (χ4v) is 10.6. The van der Waals surface area contributed by atoms with Gasteiger partial charge in [-0.05, 0) is 100 Å². The highest BCUT2D eigenvalue weighted by atomic mass is 35.5. The largest absolute Gasteiger partial charge is 0.380 e. The molecule has 3 aromatic heterocycles. The summed E-state index contributed by atoms with van der Waals surface area (Å²) in [4.78, 5) is 63.9. The molecular formula is C43H50ClF2N11O5. The lowest BCUT2D eigenvalue weighted by Crippen LogP contribution is -2.66. The molecule has 8 heterocycles. The highest BCUT2D eigenvalue weighted by Crippen LogP contribution is 2.43. The second-order valence-corrected chi connectivity index (χ2v) is 18.7. The van der Waals surface area contributed by atoms with Gasteiger partial charge in [0.15, 0.2) is 11.3 Å². The summed E-state index contributed by atoms with van der Waals surface area (Å²) in [6.45, 7) is 7.71. The maximum atomic E-state index is 14.3. The van der Waals surface area contributed by atoms with Gasteiger partial charge >= 0.3 is 6.03 Å². The Labute approximate surface area is 361 Å². The van der Waals surface area contributed by atoms with Crippen LogP contribution in [-0.2, 0) is 9.53 Å². The van der Waals surface area contributed by atoms with Gasteiger partial charge in [0.05, 0.1) is 47.3 Å². The van der Waals surface area contributed by atoms with Crippen LogP contribution < -0.4 is 20.4 Å². The molecule has 2 spiro atoms. The summed E-state index contributed by atoms with van der Waals surface area (Å²) in [6.07, 6.45) is 9.61. The molecule has 62 heavy (non-hydrogen) atoms. The highest BCUT2D eigenvalue weighted by molar-refractivity contribution is 6.34. The number of carbonyl (C=O) groups excluding carboxylic acids is 4. The van der Waals surface area contributed by atoms with Crippen LogP contribution in [0.5, 0.6) is 0 Å². The number of hydrogen-bond acceptors (Lipinski definition) is 10. The van der Waals surface area contributed by atoms with Crippen molar-refractivity contribution in [3.8, 4) is 0 Å². The molecule has 1 aromatic carbocycles. The lowest BCUT2D eigenvalue weighted by atomic mass is 9.71. The molecule has 0 radical (unpaired) electrons.